The molecule has 2 fully saturated rings. The summed E-state index contributed by atoms with van der Waals surface area (Å²) in [5.41, 5.74) is 0.729. The Hall–Kier alpha value is -0.0400. The molecule has 2 aliphatic rings. The van der Waals surface area contributed by atoms with Gasteiger partial charge in [-0.3, -0.25) is 0 Å². The van der Waals surface area contributed by atoms with Crippen LogP contribution in [0.2, 0.25) is 0 Å². The zero-order chi connectivity index (χ0) is 10.9. The molecule has 0 radical (unpaired) electrons. The summed E-state index contributed by atoms with van der Waals surface area (Å²) in [6.45, 7) is 9.77. The van der Waals surface area contributed by atoms with Crippen molar-refractivity contribution in [2.75, 3.05) is 13.1 Å². The van der Waals surface area contributed by atoms with E-state index in [1.165, 1.54) is 51.6 Å². The quantitative estimate of drug-likeness (QED) is 0.682. The largest absolute Gasteiger partial charge is 0.301 e. The van der Waals surface area contributed by atoms with Crippen LogP contribution >= 0.6 is 0 Å². The van der Waals surface area contributed by atoms with Gasteiger partial charge in [0.05, 0.1) is 0 Å². The first-order valence-corrected chi connectivity index (χ1v) is 6.89. The van der Waals surface area contributed by atoms with Crippen LogP contribution in [0, 0.1) is 11.3 Å². The predicted octanol–water partition coefficient (Wildman–Crippen LogP) is 3.69. The smallest absolute Gasteiger partial charge is 0.00385 e. The zero-order valence-electron chi connectivity index (χ0n) is 10.8. The van der Waals surface area contributed by atoms with Crippen molar-refractivity contribution in [2.24, 2.45) is 11.3 Å². The summed E-state index contributed by atoms with van der Waals surface area (Å²) in [4.78, 5) is 2.65. The van der Waals surface area contributed by atoms with Gasteiger partial charge in [0.2, 0.25) is 0 Å². The summed E-state index contributed by atoms with van der Waals surface area (Å²) < 4.78 is 0. The molecular formula is C14H27N. The minimum Gasteiger partial charge on any atom is -0.301 e. The summed E-state index contributed by atoms with van der Waals surface area (Å²) in [7, 11) is 0. The molecule has 1 saturated heterocycles. The Balaban J connectivity index is 1.87. The Morgan fingerprint density at radius 1 is 1.20 bits per heavy atom. The highest BCUT2D eigenvalue weighted by molar-refractivity contribution is 4.90. The van der Waals surface area contributed by atoms with Gasteiger partial charge in [-0.05, 0) is 57.5 Å². The van der Waals surface area contributed by atoms with Gasteiger partial charge in [0, 0.05) is 6.04 Å². The normalized spacial score (nSPS) is 27.2. The van der Waals surface area contributed by atoms with Crippen molar-refractivity contribution in [3.63, 3.8) is 0 Å². The van der Waals surface area contributed by atoms with Gasteiger partial charge in [-0.1, -0.05) is 26.2 Å². The second-order valence-electron chi connectivity index (χ2n) is 6.13. The number of nitrogens with zero attached hydrogens (tertiary/aromatic N) is 1. The molecule has 1 aliphatic heterocycles. The number of hydrogen-bond donors (Lipinski definition) is 0. The van der Waals surface area contributed by atoms with Gasteiger partial charge in [-0.15, -0.1) is 0 Å². The second-order valence-corrected chi connectivity index (χ2v) is 6.13. The molecule has 88 valence electrons. The van der Waals surface area contributed by atoms with Crippen LogP contribution in [0.4, 0.5) is 0 Å². The highest BCUT2D eigenvalue weighted by atomic mass is 15.2. The Morgan fingerprint density at radius 3 is 2.20 bits per heavy atom. The van der Waals surface area contributed by atoms with E-state index in [0.717, 1.165) is 17.4 Å². The maximum Gasteiger partial charge on any atom is 0.00385 e. The minimum atomic E-state index is 0.729. The van der Waals surface area contributed by atoms with Gasteiger partial charge in [-0.25, -0.2) is 0 Å². The molecule has 0 aromatic heterocycles. The van der Waals surface area contributed by atoms with Crippen LogP contribution in [-0.2, 0) is 0 Å². The van der Waals surface area contributed by atoms with Crippen LogP contribution in [-0.4, -0.2) is 24.0 Å². The molecule has 0 aromatic rings. The van der Waals surface area contributed by atoms with Gasteiger partial charge in [0.15, 0.2) is 0 Å². The van der Waals surface area contributed by atoms with E-state index in [1.54, 1.807) is 0 Å². The number of piperidine rings is 1. The van der Waals surface area contributed by atoms with Crippen LogP contribution in [0.3, 0.4) is 0 Å². The SMILES string of the molecule is CCC1(CC2CC2)CCN(C(C)C)CC1. The summed E-state index contributed by atoms with van der Waals surface area (Å²) in [6, 6.07) is 0.751. The average molecular weight is 209 g/mol. The fourth-order valence-electron chi connectivity index (χ4n) is 3.15. The standard InChI is InChI=1S/C14H27N/c1-4-14(11-13-5-6-13)7-9-15(10-8-14)12(2)3/h12-13H,4-11H2,1-3H3. The lowest BCUT2D eigenvalue weighted by atomic mass is 9.72. The Bertz CT molecular complexity index is 197. The van der Waals surface area contributed by atoms with E-state index < -0.39 is 0 Å². The van der Waals surface area contributed by atoms with E-state index in [0.29, 0.717) is 0 Å². The molecule has 1 heterocycles. The van der Waals surface area contributed by atoms with E-state index in [2.05, 4.69) is 25.7 Å². The van der Waals surface area contributed by atoms with Gasteiger partial charge in [0.25, 0.3) is 0 Å². The first kappa shape index (κ1) is 11.4. The van der Waals surface area contributed by atoms with Gasteiger partial charge < -0.3 is 4.90 Å². The molecule has 0 N–H and O–H groups in total. The second kappa shape index (κ2) is 4.45. The molecule has 0 spiro atoms. The minimum absolute atomic E-state index is 0.729. The first-order chi connectivity index (χ1) is 7.15. The lowest BCUT2D eigenvalue weighted by molar-refractivity contribution is 0.0681. The van der Waals surface area contributed by atoms with E-state index in [4.69, 9.17) is 0 Å². The average Bonchev–Trinajstić information content (AvgIpc) is 3.02. The summed E-state index contributed by atoms with van der Waals surface area (Å²) in [6.07, 6.45) is 8.91. The lowest BCUT2D eigenvalue weighted by Gasteiger charge is -2.43. The third kappa shape index (κ3) is 2.75. The molecule has 2 rings (SSSR count). The molecule has 1 heteroatoms. The third-order valence-corrected chi connectivity index (χ3v) is 4.76. The topological polar surface area (TPSA) is 3.24 Å². The summed E-state index contributed by atoms with van der Waals surface area (Å²) >= 11 is 0. The molecule has 0 unspecified atom stereocenters. The Kier molecular flexibility index (Phi) is 3.39. The van der Waals surface area contributed by atoms with Gasteiger partial charge in [-0.2, -0.15) is 0 Å². The van der Waals surface area contributed by atoms with Crippen molar-refractivity contribution in [2.45, 2.75) is 65.3 Å². The number of likely N-dealkylation sites (tertiary alicyclic amines) is 1. The number of rotatable bonds is 4. The monoisotopic (exact) mass is 209 g/mol. The van der Waals surface area contributed by atoms with E-state index >= 15 is 0 Å². The third-order valence-electron chi connectivity index (χ3n) is 4.76. The van der Waals surface area contributed by atoms with E-state index in [9.17, 15) is 0 Å². The van der Waals surface area contributed by atoms with Crippen molar-refractivity contribution in [3.05, 3.63) is 0 Å². The van der Waals surface area contributed by atoms with Crippen LogP contribution in [0.25, 0.3) is 0 Å². The van der Waals surface area contributed by atoms with Crippen molar-refractivity contribution < 1.29 is 0 Å². The van der Waals surface area contributed by atoms with Crippen LogP contribution in [0.1, 0.15) is 59.3 Å². The van der Waals surface area contributed by atoms with Crippen LogP contribution < -0.4 is 0 Å². The maximum atomic E-state index is 2.65. The Morgan fingerprint density at radius 2 is 1.80 bits per heavy atom. The van der Waals surface area contributed by atoms with Crippen molar-refractivity contribution in [3.8, 4) is 0 Å². The van der Waals surface area contributed by atoms with Crippen LogP contribution in [0.5, 0.6) is 0 Å². The predicted molar refractivity (Wildman–Crippen MR) is 66.0 cm³/mol. The molecule has 0 amide bonds. The van der Waals surface area contributed by atoms with E-state index in [1.807, 2.05) is 0 Å². The van der Waals surface area contributed by atoms with Gasteiger partial charge >= 0.3 is 0 Å². The first-order valence-electron chi connectivity index (χ1n) is 6.89. The molecule has 1 saturated carbocycles. The molecule has 15 heavy (non-hydrogen) atoms. The molecule has 1 aliphatic carbocycles. The fourth-order valence-corrected chi connectivity index (χ4v) is 3.15. The van der Waals surface area contributed by atoms with Crippen molar-refractivity contribution >= 4 is 0 Å². The maximum absolute atomic E-state index is 2.65. The molecule has 1 nitrogen and oxygen atoms in total. The fraction of sp³-hybridized carbons (Fsp3) is 1.00. The lowest BCUT2D eigenvalue weighted by Crippen LogP contribution is -2.43. The number of hydrogen-bond acceptors (Lipinski definition) is 1. The molecule has 0 aromatic carbocycles. The summed E-state index contributed by atoms with van der Waals surface area (Å²) in [5.74, 6) is 1.11. The van der Waals surface area contributed by atoms with E-state index in [-0.39, 0.29) is 0 Å². The van der Waals surface area contributed by atoms with Gasteiger partial charge in [0.1, 0.15) is 0 Å². The highest BCUT2D eigenvalue weighted by Gasteiger charge is 2.38. The molecular weight excluding hydrogens is 182 g/mol. The van der Waals surface area contributed by atoms with Crippen molar-refractivity contribution in [1.82, 2.24) is 4.90 Å². The molecule has 0 bridgehead atoms. The Labute approximate surface area is 95.2 Å². The highest BCUT2D eigenvalue weighted by Crippen LogP contribution is 2.47. The molecule has 0 atom stereocenters. The zero-order valence-corrected chi connectivity index (χ0v) is 10.8. The van der Waals surface area contributed by atoms with Crippen molar-refractivity contribution in [1.29, 1.82) is 0 Å². The summed E-state index contributed by atoms with van der Waals surface area (Å²) in [5, 5.41) is 0. The van der Waals surface area contributed by atoms with Crippen LogP contribution in [0.15, 0.2) is 0 Å².